The van der Waals surface area contributed by atoms with Crippen LogP contribution in [0.1, 0.15) is 37.3 Å². The number of anilines is 1. The Morgan fingerprint density at radius 3 is 2.25 bits per heavy atom. The number of hydrogen-bond acceptors (Lipinski definition) is 3. The topological polar surface area (TPSA) is 55.4 Å². The third kappa shape index (κ3) is 5.23. The number of ether oxygens (including phenoxy) is 1. The lowest BCUT2D eigenvalue weighted by atomic mass is 9.98. The van der Waals surface area contributed by atoms with E-state index in [1.807, 2.05) is 68.4 Å². The van der Waals surface area contributed by atoms with Gasteiger partial charge in [-0.2, -0.15) is 0 Å². The Hall–Kier alpha value is -2.62. The summed E-state index contributed by atoms with van der Waals surface area (Å²) in [6, 6.07) is 17.2. The Morgan fingerprint density at radius 2 is 1.62 bits per heavy atom. The van der Waals surface area contributed by atoms with Gasteiger partial charge in [-0.25, -0.2) is 0 Å². The highest BCUT2D eigenvalue weighted by atomic mass is 16.5. The SMILES string of the molecule is Cc1ccc(NC(=O)[C@H](C)OC(=O)C[C@H](C)c2ccccc2)cc1. The van der Waals surface area contributed by atoms with E-state index < -0.39 is 6.10 Å². The Morgan fingerprint density at radius 1 is 1.00 bits per heavy atom. The van der Waals surface area contributed by atoms with Gasteiger partial charge >= 0.3 is 5.97 Å². The number of esters is 1. The van der Waals surface area contributed by atoms with Gasteiger partial charge in [-0.05, 0) is 37.5 Å². The molecular formula is C20H23NO3. The van der Waals surface area contributed by atoms with Gasteiger partial charge < -0.3 is 10.1 Å². The number of rotatable bonds is 6. The summed E-state index contributed by atoms with van der Waals surface area (Å²) in [5.74, 6) is -0.663. The lowest BCUT2D eigenvalue weighted by Crippen LogP contribution is -2.30. The molecule has 1 amide bonds. The van der Waals surface area contributed by atoms with Gasteiger partial charge in [-0.15, -0.1) is 0 Å². The standard InChI is InChI=1S/C20H23NO3/c1-14-9-11-18(12-10-14)21-20(23)16(3)24-19(22)13-15(2)17-7-5-4-6-8-17/h4-12,15-16H,13H2,1-3H3,(H,21,23)/t15-,16-/m0/s1. The molecule has 0 radical (unpaired) electrons. The van der Waals surface area contributed by atoms with E-state index >= 15 is 0 Å². The third-order valence-electron chi connectivity index (χ3n) is 3.84. The molecule has 2 aromatic carbocycles. The van der Waals surface area contributed by atoms with Crippen LogP contribution in [0, 0.1) is 6.92 Å². The molecular weight excluding hydrogens is 302 g/mol. The van der Waals surface area contributed by atoms with Crippen molar-refractivity contribution in [2.45, 2.75) is 39.2 Å². The molecule has 0 aromatic heterocycles. The summed E-state index contributed by atoms with van der Waals surface area (Å²) in [5.41, 5.74) is 2.87. The number of carbonyl (C=O) groups is 2. The molecule has 1 N–H and O–H groups in total. The molecule has 4 heteroatoms. The number of hydrogen-bond donors (Lipinski definition) is 1. The molecule has 0 aliphatic carbocycles. The van der Waals surface area contributed by atoms with E-state index in [0.29, 0.717) is 5.69 Å². The van der Waals surface area contributed by atoms with E-state index in [9.17, 15) is 9.59 Å². The van der Waals surface area contributed by atoms with Crippen LogP contribution in [0.3, 0.4) is 0 Å². The fraction of sp³-hybridized carbons (Fsp3) is 0.300. The van der Waals surface area contributed by atoms with Crippen LogP contribution in [0.2, 0.25) is 0 Å². The summed E-state index contributed by atoms with van der Waals surface area (Å²) in [7, 11) is 0. The van der Waals surface area contributed by atoms with Crippen molar-refractivity contribution in [1.82, 2.24) is 0 Å². The summed E-state index contributed by atoms with van der Waals surface area (Å²) in [4.78, 5) is 24.1. The zero-order chi connectivity index (χ0) is 17.5. The molecule has 2 rings (SSSR count). The molecule has 0 spiro atoms. The van der Waals surface area contributed by atoms with Gasteiger partial charge in [0, 0.05) is 5.69 Å². The second-order valence-electron chi connectivity index (χ2n) is 6.00. The smallest absolute Gasteiger partial charge is 0.307 e. The van der Waals surface area contributed by atoms with E-state index in [4.69, 9.17) is 4.74 Å². The first-order valence-electron chi connectivity index (χ1n) is 8.07. The van der Waals surface area contributed by atoms with Gasteiger partial charge in [0.2, 0.25) is 0 Å². The fourth-order valence-corrected chi connectivity index (χ4v) is 2.33. The Bertz CT molecular complexity index is 680. The second kappa shape index (κ2) is 8.29. The Labute approximate surface area is 142 Å². The number of nitrogens with one attached hydrogen (secondary N) is 1. The van der Waals surface area contributed by atoms with E-state index in [0.717, 1.165) is 11.1 Å². The predicted molar refractivity (Wildman–Crippen MR) is 94.8 cm³/mol. The average Bonchev–Trinajstić information content (AvgIpc) is 2.57. The normalized spacial score (nSPS) is 13.0. The highest BCUT2D eigenvalue weighted by molar-refractivity contribution is 5.95. The summed E-state index contributed by atoms with van der Waals surface area (Å²) in [6.07, 6.45) is -0.589. The quantitative estimate of drug-likeness (QED) is 0.815. The van der Waals surface area contributed by atoms with Crippen LogP contribution >= 0.6 is 0 Å². The van der Waals surface area contributed by atoms with Crippen molar-refractivity contribution in [2.75, 3.05) is 5.32 Å². The molecule has 2 aromatic rings. The molecule has 0 aliphatic heterocycles. The molecule has 126 valence electrons. The zero-order valence-corrected chi connectivity index (χ0v) is 14.3. The number of benzene rings is 2. The van der Waals surface area contributed by atoms with Gasteiger partial charge in [-0.3, -0.25) is 9.59 Å². The molecule has 4 nitrogen and oxygen atoms in total. The van der Waals surface area contributed by atoms with Crippen LogP contribution < -0.4 is 5.32 Å². The summed E-state index contributed by atoms with van der Waals surface area (Å²) < 4.78 is 5.25. The molecule has 0 heterocycles. The average molecular weight is 325 g/mol. The van der Waals surface area contributed by atoms with Crippen molar-refractivity contribution in [3.63, 3.8) is 0 Å². The first-order chi connectivity index (χ1) is 11.5. The molecule has 0 aliphatic rings. The van der Waals surface area contributed by atoms with Crippen molar-refractivity contribution < 1.29 is 14.3 Å². The maximum Gasteiger partial charge on any atom is 0.307 e. The summed E-state index contributed by atoms with van der Waals surface area (Å²) in [5, 5.41) is 2.74. The monoisotopic (exact) mass is 325 g/mol. The molecule has 0 bridgehead atoms. The van der Waals surface area contributed by atoms with Crippen LogP contribution in [-0.2, 0) is 14.3 Å². The van der Waals surface area contributed by atoms with E-state index in [2.05, 4.69) is 5.32 Å². The number of carbonyl (C=O) groups excluding carboxylic acids is 2. The van der Waals surface area contributed by atoms with Crippen LogP contribution in [0.25, 0.3) is 0 Å². The van der Waals surface area contributed by atoms with Crippen molar-refractivity contribution in [1.29, 1.82) is 0 Å². The lowest BCUT2D eigenvalue weighted by molar-refractivity contribution is -0.153. The Kier molecular flexibility index (Phi) is 6.13. The summed E-state index contributed by atoms with van der Waals surface area (Å²) >= 11 is 0. The fourth-order valence-electron chi connectivity index (χ4n) is 2.33. The van der Waals surface area contributed by atoms with Gasteiger partial charge in [-0.1, -0.05) is 55.0 Å². The van der Waals surface area contributed by atoms with Crippen LogP contribution in [-0.4, -0.2) is 18.0 Å². The predicted octanol–water partition coefficient (Wildman–Crippen LogP) is 4.06. The minimum atomic E-state index is -0.832. The third-order valence-corrected chi connectivity index (χ3v) is 3.84. The molecule has 0 saturated carbocycles. The minimum absolute atomic E-state index is 0.0473. The maximum absolute atomic E-state index is 12.1. The molecule has 0 unspecified atom stereocenters. The van der Waals surface area contributed by atoms with Crippen molar-refractivity contribution in [2.24, 2.45) is 0 Å². The van der Waals surface area contributed by atoms with Gasteiger partial charge in [0.25, 0.3) is 5.91 Å². The lowest BCUT2D eigenvalue weighted by Gasteiger charge is -2.16. The van der Waals surface area contributed by atoms with Gasteiger partial charge in [0.15, 0.2) is 6.10 Å². The largest absolute Gasteiger partial charge is 0.453 e. The highest BCUT2D eigenvalue weighted by Crippen LogP contribution is 2.19. The Balaban J connectivity index is 1.84. The molecule has 0 fully saturated rings. The van der Waals surface area contributed by atoms with E-state index in [1.54, 1.807) is 6.92 Å². The van der Waals surface area contributed by atoms with Gasteiger partial charge in [0.1, 0.15) is 0 Å². The zero-order valence-electron chi connectivity index (χ0n) is 14.3. The van der Waals surface area contributed by atoms with Crippen LogP contribution in [0.4, 0.5) is 5.69 Å². The maximum atomic E-state index is 12.1. The first-order valence-corrected chi connectivity index (χ1v) is 8.07. The molecule has 2 atom stereocenters. The van der Waals surface area contributed by atoms with Gasteiger partial charge in [0.05, 0.1) is 6.42 Å². The highest BCUT2D eigenvalue weighted by Gasteiger charge is 2.20. The van der Waals surface area contributed by atoms with E-state index in [-0.39, 0.29) is 24.2 Å². The minimum Gasteiger partial charge on any atom is -0.453 e. The molecule has 0 saturated heterocycles. The second-order valence-corrected chi connectivity index (χ2v) is 6.00. The molecule has 24 heavy (non-hydrogen) atoms. The van der Waals surface area contributed by atoms with Crippen molar-refractivity contribution >= 4 is 17.6 Å². The van der Waals surface area contributed by atoms with Crippen molar-refractivity contribution in [3.8, 4) is 0 Å². The van der Waals surface area contributed by atoms with E-state index in [1.165, 1.54) is 0 Å². The summed E-state index contributed by atoms with van der Waals surface area (Å²) in [6.45, 7) is 5.52. The van der Waals surface area contributed by atoms with Crippen LogP contribution in [0.15, 0.2) is 54.6 Å². The van der Waals surface area contributed by atoms with Crippen LogP contribution in [0.5, 0.6) is 0 Å². The van der Waals surface area contributed by atoms with Crippen molar-refractivity contribution in [3.05, 3.63) is 65.7 Å². The number of amides is 1. The first kappa shape index (κ1) is 17.7. The number of aryl methyl sites for hydroxylation is 1.